The van der Waals surface area contributed by atoms with Crippen molar-refractivity contribution in [1.82, 2.24) is 19.1 Å². The molecular weight excluding hydrogens is 713 g/mol. The first-order valence-electron chi connectivity index (χ1n) is 19.2. The predicted octanol–water partition coefficient (Wildman–Crippen LogP) is 14.0. The topological polar surface area (TPSA) is 35.6 Å². The molecule has 0 amide bonds. The summed E-state index contributed by atoms with van der Waals surface area (Å²) in [7, 11) is 0. The van der Waals surface area contributed by atoms with Gasteiger partial charge < -0.3 is 9.13 Å². The van der Waals surface area contributed by atoms with E-state index in [1.54, 1.807) is 0 Å². The third-order valence-corrected chi connectivity index (χ3v) is 12.5. The summed E-state index contributed by atoms with van der Waals surface area (Å²) in [6, 6.07) is 69.6. The molecule has 0 radical (unpaired) electrons. The van der Waals surface area contributed by atoms with E-state index in [0.717, 1.165) is 61.5 Å². The molecule has 0 aliphatic carbocycles. The van der Waals surface area contributed by atoms with Crippen LogP contribution < -0.4 is 0 Å². The number of para-hydroxylation sites is 4. The maximum Gasteiger partial charge on any atom is 0.160 e. The number of thiophene rings is 1. The summed E-state index contributed by atoms with van der Waals surface area (Å²) in [5.41, 5.74) is 11.6. The number of nitrogens with zero attached hydrogens (tertiary/aromatic N) is 4. The Balaban J connectivity index is 1.16. The highest BCUT2D eigenvalue weighted by Crippen LogP contribution is 2.40. The van der Waals surface area contributed by atoms with Gasteiger partial charge >= 0.3 is 0 Å². The standard InChI is InChI=1S/C52H32N4S/c1-2-14-33(15-3-1)44-32-45(54-52(53-44)34-26-27-51-43(30-34)42-20-8-13-25-50(42)57-51)35-28-36(55-46-21-9-4-16-38(46)39-17-5-10-22-47(39)55)31-37(29-35)56-48-23-11-6-18-40(48)41-19-7-12-24-49(41)56/h1-32H. The molecule has 5 heteroatoms. The van der Waals surface area contributed by atoms with Gasteiger partial charge in [0.15, 0.2) is 5.82 Å². The molecule has 0 N–H and O–H groups in total. The Bertz CT molecular complexity index is 3300. The Hall–Kier alpha value is -7.34. The van der Waals surface area contributed by atoms with E-state index in [1.165, 1.54) is 41.7 Å². The van der Waals surface area contributed by atoms with Crippen LogP contribution >= 0.6 is 11.3 Å². The largest absolute Gasteiger partial charge is 0.309 e. The van der Waals surface area contributed by atoms with Crippen LogP contribution in [0.1, 0.15) is 0 Å². The van der Waals surface area contributed by atoms with E-state index in [1.807, 2.05) is 11.3 Å². The lowest BCUT2D eigenvalue weighted by molar-refractivity contribution is 1.13. The molecule has 0 aliphatic heterocycles. The van der Waals surface area contributed by atoms with Crippen LogP contribution in [0, 0.1) is 0 Å². The van der Waals surface area contributed by atoms with Crippen molar-refractivity contribution in [3.05, 3.63) is 194 Å². The number of benzene rings is 8. The van der Waals surface area contributed by atoms with Gasteiger partial charge in [-0.25, -0.2) is 9.97 Å². The Labute approximate surface area is 332 Å². The summed E-state index contributed by atoms with van der Waals surface area (Å²) in [6.07, 6.45) is 0. The van der Waals surface area contributed by atoms with E-state index in [9.17, 15) is 0 Å². The zero-order valence-corrected chi connectivity index (χ0v) is 31.5. The first kappa shape index (κ1) is 32.0. The third kappa shape index (κ3) is 5.06. The first-order valence-corrected chi connectivity index (χ1v) is 20.1. The molecule has 12 rings (SSSR count). The second-order valence-electron chi connectivity index (χ2n) is 14.6. The minimum Gasteiger partial charge on any atom is -0.309 e. The van der Waals surface area contributed by atoms with Crippen molar-refractivity contribution >= 4 is 75.1 Å². The number of aromatic nitrogens is 4. The molecule has 0 bridgehead atoms. The second kappa shape index (κ2) is 12.6. The van der Waals surface area contributed by atoms with Crippen LogP contribution in [0.4, 0.5) is 0 Å². The average Bonchev–Trinajstić information content (AvgIpc) is 3.94. The average molecular weight is 745 g/mol. The highest BCUT2D eigenvalue weighted by molar-refractivity contribution is 7.25. The number of fused-ring (bicyclic) bond motifs is 9. The quantitative estimate of drug-likeness (QED) is 0.176. The van der Waals surface area contributed by atoms with Crippen LogP contribution in [-0.2, 0) is 0 Å². The highest BCUT2D eigenvalue weighted by Gasteiger charge is 2.19. The Kier molecular flexibility index (Phi) is 7.06. The molecule has 57 heavy (non-hydrogen) atoms. The Morgan fingerprint density at radius 3 is 1.33 bits per heavy atom. The molecule has 0 unspecified atom stereocenters. The fourth-order valence-electron chi connectivity index (χ4n) is 8.75. The van der Waals surface area contributed by atoms with Crippen molar-refractivity contribution < 1.29 is 0 Å². The zero-order chi connectivity index (χ0) is 37.5. The van der Waals surface area contributed by atoms with Crippen molar-refractivity contribution in [3.8, 4) is 45.3 Å². The van der Waals surface area contributed by atoms with Crippen molar-refractivity contribution in [1.29, 1.82) is 0 Å². The van der Waals surface area contributed by atoms with Gasteiger partial charge in [-0.05, 0) is 72.8 Å². The van der Waals surface area contributed by atoms with Gasteiger partial charge in [0.1, 0.15) is 0 Å². The molecule has 0 saturated heterocycles. The first-order chi connectivity index (χ1) is 28.2. The van der Waals surface area contributed by atoms with E-state index >= 15 is 0 Å². The molecular formula is C52H32N4S. The molecule has 8 aromatic carbocycles. The van der Waals surface area contributed by atoms with Crippen molar-refractivity contribution in [2.45, 2.75) is 0 Å². The normalized spacial score (nSPS) is 11.9. The molecule has 0 aliphatic rings. The van der Waals surface area contributed by atoms with E-state index in [2.05, 4.69) is 203 Å². The van der Waals surface area contributed by atoms with Crippen LogP contribution in [0.3, 0.4) is 0 Å². The van der Waals surface area contributed by atoms with Gasteiger partial charge in [-0.1, -0.05) is 121 Å². The maximum absolute atomic E-state index is 5.44. The molecule has 0 fully saturated rings. The van der Waals surface area contributed by atoms with Crippen LogP contribution in [0.2, 0.25) is 0 Å². The molecule has 4 heterocycles. The van der Waals surface area contributed by atoms with Gasteiger partial charge in [0.25, 0.3) is 0 Å². The lowest BCUT2D eigenvalue weighted by atomic mass is 10.0. The minimum absolute atomic E-state index is 0.698. The van der Waals surface area contributed by atoms with Gasteiger partial charge in [0, 0.05) is 69.8 Å². The number of hydrogen-bond acceptors (Lipinski definition) is 3. The molecule has 12 aromatic rings. The SMILES string of the molecule is c1ccc(-c2cc(-c3cc(-n4c5ccccc5c5ccccc54)cc(-n4c5ccccc5c5ccccc54)c3)nc(-c3ccc4sc5ccccc5c4c3)n2)cc1. The number of rotatable bonds is 5. The van der Waals surface area contributed by atoms with Gasteiger partial charge in [-0.3, -0.25) is 0 Å². The third-order valence-electron chi connectivity index (χ3n) is 11.3. The van der Waals surface area contributed by atoms with Crippen LogP contribution in [-0.4, -0.2) is 19.1 Å². The fraction of sp³-hybridized carbons (Fsp3) is 0. The number of hydrogen-bond donors (Lipinski definition) is 0. The minimum atomic E-state index is 0.698. The lowest BCUT2D eigenvalue weighted by Gasteiger charge is -2.16. The fourth-order valence-corrected chi connectivity index (χ4v) is 9.84. The molecule has 0 atom stereocenters. The summed E-state index contributed by atoms with van der Waals surface area (Å²) < 4.78 is 7.35. The van der Waals surface area contributed by atoms with Crippen LogP contribution in [0.5, 0.6) is 0 Å². The molecule has 4 nitrogen and oxygen atoms in total. The van der Waals surface area contributed by atoms with Crippen molar-refractivity contribution in [3.63, 3.8) is 0 Å². The predicted molar refractivity (Wildman–Crippen MR) is 240 cm³/mol. The van der Waals surface area contributed by atoms with Crippen molar-refractivity contribution in [2.24, 2.45) is 0 Å². The van der Waals surface area contributed by atoms with Gasteiger partial charge in [-0.15, -0.1) is 11.3 Å². The summed E-state index contributed by atoms with van der Waals surface area (Å²) >= 11 is 1.82. The maximum atomic E-state index is 5.44. The Morgan fingerprint density at radius 2 is 0.772 bits per heavy atom. The highest BCUT2D eigenvalue weighted by atomic mass is 32.1. The van der Waals surface area contributed by atoms with E-state index in [-0.39, 0.29) is 0 Å². The lowest BCUT2D eigenvalue weighted by Crippen LogP contribution is -2.01. The summed E-state index contributed by atoms with van der Waals surface area (Å²) in [4.78, 5) is 10.7. The van der Waals surface area contributed by atoms with E-state index in [4.69, 9.17) is 9.97 Å². The van der Waals surface area contributed by atoms with Gasteiger partial charge in [-0.2, -0.15) is 0 Å². The monoisotopic (exact) mass is 744 g/mol. The van der Waals surface area contributed by atoms with Crippen LogP contribution in [0.15, 0.2) is 194 Å². The smallest absolute Gasteiger partial charge is 0.160 e. The van der Waals surface area contributed by atoms with E-state index in [0.29, 0.717) is 5.82 Å². The summed E-state index contributed by atoms with van der Waals surface area (Å²) in [6.45, 7) is 0. The van der Waals surface area contributed by atoms with Crippen LogP contribution in [0.25, 0.3) is 109 Å². The molecule has 0 saturated carbocycles. The molecule has 266 valence electrons. The summed E-state index contributed by atoms with van der Waals surface area (Å²) in [5, 5.41) is 7.39. The second-order valence-corrected chi connectivity index (χ2v) is 15.7. The van der Waals surface area contributed by atoms with Crippen molar-refractivity contribution in [2.75, 3.05) is 0 Å². The molecule has 4 aromatic heterocycles. The molecule has 0 spiro atoms. The zero-order valence-electron chi connectivity index (χ0n) is 30.7. The van der Waals surface area contributed by atoms with Gasteiger partial charge in [0.2, 0.25) is 0 Å². The Morgan fingerprint density at radius 1 is 0.316 bits per heavy atom. The summed E-state index contributed by atoms with van der Waals surface area (Å²) in [5.74, 6) is 0.698. The van der Waals surface area contributed by atoms with Gasteiger partial charge in [0.05, 0.1) is 33.5 Å². The van der Waals surface area contributed by atoms with E-state index < -0.39 is 0 Å².